The molecule has 1 fully saturated rings. The van der Waals surface area contributed by atoms with Gasteiger partial charge in [0.25, 0.3) is 0 Å². The summed E-state index contributed by atoms with van der Waals surface area (Å²) in [5.74, 6) is -1.25. The number of benzene rings is 1. The zero-order chi connectivity index (χ0) is 15.4. The molecule has 1 aliphatic rings. The van der Waals surface area contributed by atoms with Gasteiger partial charge in [-0.05, 0) is 43.4 Å². The molecule has 3 N–H and O–H groups in total. The van der Waals surface area contributed by atoms with E-state index in [1.165, 1.54) is 4.90 Å². The summed E-state index contributed by atoms with van der Waals surface area (Å²) in [6.45, 7) is 0.462. The average molecular weight is 311 g/mol. The first-order chi connectivity index (χ1) is 9.99. The van der Waals surface area contributed by atoms with Crippen LogP contribution in [0.15, 0.2) is 24.3 Å². The molecule has 0 saturated carbocycles. The molecule has 0 spiro atoms. The van der Waals surface area contributed by atoms with Gasteiger partial charge in [0.2, 0.25) is 5.91 Å². The van der Waals surface area contributed by atoms with Gasteiger partial charge < -0.3 is 15.7 Å². The number of carboxylic acids is 1. The van der Waals surface area contributed by atoms with Crippen molar-refractivity contribution in [1.29, 1.82) is 0 Å². The van der Waals surface area contributed by atoms with Crippen LogP contribution in [0, 0.1) is 0 Å². The molecule has 1 aromatic carbocycles. The standard InChI is InChI=1S/C15H19ClN2O3/c16-11-6-4-10(5-7-11)9-12(17)14(19)18-8-2-1-3-13(18)15(20)21/h4-7,12-13H,1-3,8-9,17H2,(H,20,21)/t12?,13-/m0/s1. The number of likely N-dealkylation sites (tertiary alicyclic amines) is 1. The highest BCUT2D eigenvalue weighted by Gasteiger charge is 2.34. The van der Waals surface area contributed by atoms with Crippen LogP contribution in [0.25, 0.3) is 0 Å². The molecule has 1 unspecified atom stereocenters. The average Bonchev–Trinajstić information content (AvgIpc) is 2.48. The molecule has 1 amide bonds. The summed E-state index contributed by atoms with van der Waals surface area (Å²) in [6.07, 6.45) is 2.52. The van der Waals surface area contributed by atoms with Crippen molar-refractivity contribution >= 4 is 23.5 Å². The van der Waals surface area contributed by atoms with Gasteiger partial charge in [-0.3, -0.25) is 4.79 Å². The molecule has 5 nitrogen and oxygen atoms in total. The van der Waals surface area contributed by atoms with Crippen LogP contribution in [-0.4, -0.2) is 40.5 Å². The summed E-state index contributed by atoms with van der Waals surface area (Å²) in [4.78, 5) is 25.0. The maximum absolute atomic E-state index is 12.4. The Bertz CT molecular complexity index is 518. The molecular weight excluding hydrogens is 292 g/mol. The fourth-order valence-electron chi connectivity index (χ4n) is 2.63. The fourth-order valence-corrected chi connectivity index (χ4v) is 2.75. The van der Waals surface area contributed by atoms with Crippen LogP contribution in [0.5, 0.6) is 0 Å². The quantitative estimate of drug-likeness (QED) is 0.886. The van der Waals surface area contributed by atoms with Crippen molar-refractivity contribution in [3.63, 3.8) is 0 Å². The maximum atomic E-state index is 12.4. The highest BCUT2D eigenvalue weighted by molar-refractivity contribution is 6.30. The second-order valence-corrected chi connectivity index (χ2v) is 5.75. The van der Waals surface area contributed by atoms with Crippen LogP contribution >= 0.6 is 11.6 Å². The van der Waals surface area contributed by atoms with E-state index in [-0.39, 0.29) is 5.91 Å². The monoisotopic (exact) mass is 310 g/mol. The second kappa shape index (κ2) is 6.91. The van der Waals surface area contributed by atoms with E-state index < -0.39 is 18.1 Å². The number of halogens is 1. The molecule has 1 heterocycles. The number of piperidine rings is 1. The topological polar surface area (TPSA) is 83.6 Å². The lowest BCUT2D eigenvalue weighted by atomic mass is 9.99. The Kier molecular flexibility index (Phi) is 5.20. The molecule has 0 bridgehead atoms. The third kappa shape index (κ3) is 3.95. The first-order valence-corrected chi connectivity index (χ1v) is 7.40. The zero-order valence-electron chi connectivity index (χ0n) is 11.7. The van der Waals surface area contributed by atoms with Crippen molar-refractivity contribution in [3.8, 4) is 0 Å². The number of nitrogens with zero attached hydrogens (tertiary/aromatic N) is 1. The number of hydrogen-bond donors (Lipinski definition) is 2. The minimum Gasteiger partial charge on any atom is -0.480 e. The van der Waals surface area contributed by atoms with Gasteiger partial charge in [0.15, 0.2) is 0 Å². The van der Waals surface area contributed by atoms with Gasteiger partial charge in [-0.15, -0.1) is 0 Å². The van der Waals surface area contributed by atoms with E-state index >= 15 is 0 Å². The van der Waals surface area contributed by atoms with Gasteiger partial charge >= 0.3 is 5.97 Å². The first kappa shape index (κ1) is 15.8. The van der Waals surface area contributed by atoms with Crippen molar-refractivity contribution < 1.29 is 14.7 Å². The summed E-state index contributed by atoms with van der Waals surface area (Å²) >= 11 is 5.81. The van der Waals surface area contributed by atoms with Crippen molar-refractivity contribution in [2.45, 2.75) is 37.8 Å². The number of carbonyl (C=O) groups is 2. The van der Waals surface area contributed by atoms with E-state index in [2.05, 4.69) is 0 Å². The molecule has 0 aromatic heterocycles. The molecule has 0 aliphatic carbocycles. The minimum absolute atomic E-state index is 0.294. The van der Waals surface area contributed by atoms with Gasteiger partial charge in [0.05, 0.1) is 6.04 Å². The van der Waals surface area contributed by atoms with E-state index in [0.717, 1.165) is 18.4 Å². The molecule has 1 aliphatic heterocycles. The third-order valence-corrected chi connectivity index (χ3v) is 4.01. The highest BCUT2D eigenvalue weighted by atomic mass is 35.5. The third-order valence-electron chi connectivity index (χ3n) is 3.76. The van der Waals surface area contributed by atoms with Crippen LogP contribution in [0.2, 0.25) is 5.02 Å². The summed E-state index contributed by atoms with van der Waals surface area (Å²) in [7, 11) is 0. The molecule has 1 saturated heterocycles. The van der Waals surface area contributed by atoms with Crippen LogP contribution in [0.4, 0.5) is 0 Å². The summed E-state index contributed by atoms with van der Waals surface area (Å²) in [5.41, 5.74) is 6.87. The van der Waals surface area contributed by atoms with Crippen LogP contribution in [0.3, 0.4) is 0 Å². The highest BCUT2D eigenvalue weighted by Crippen LogP contribution is 2.19. The molecule has 21 heavy (non-hydrogen) atoms. The molecule has 114 valence electrons. The van der Waals surface area contributed by atoms with Crippen LogP contribution in [0.1, 0.15) is 24.8 Å². The van der Waals surface area contributed by atoms with Crippen molar-refractivity contribution in [1.82, 2.24) is 4.90 Å². The Hall–Kier alpha value is -1.59. The lowest BCUT2D eigenvalue weighted by Crippen LogP contribution is -2.54. The van der Waals surface area contributed by atoms with Crippen molar-refractivity contribution in [2.24, 2.45) is 5.73 Å². The first-order valence-electron chi connectivity index (χ1n) is 7.02. The van der Waals surface area contributed by atoms with Gasteiger partial charge in [-0.25, -0.2) is 4.79 Å². The van der Waals surface area contributed by atoms with Gasteiger partial charge in [-0.2, -0.15) is 0 Å². The number of carbonyl (C=O) groups excluding carboxylic acids is 1. The van der Waals surface area contributed by atoms with E-state index in [4.69, 9.17) is 17.3 Å². The Balaban J connectivity index is 2.03. The molecule has 6 heteroatoms. The van der Waals surface area contributed by atoms with Crippen LogP contribution in [-0.2, 0) is 16.0 Å². The van der Waals surface area contributed by atoms with Gasteiger partial charge in [-0.1, -0.05) is 23.7 Å². The normalized spacial score (nSPS) is 20.1. The van der Waals surface area contributed by atoms with Crippen molar-refractivity contribution in [3.05, 3.63) is 34.9 Å². The zero-order valence-corrected chi connectivity index (χ0v) is 12.4. The smallest absolute Gasteiger partial charge is 0.326 e. The Morgan fingerprint density at radius 3 is 2.62 bits per heavy atom. The van der Waals surface area contributed by atoms with Gasteiger partial charge in [0, 0.05) is 11.6 Å². The fraction of sp³-hybridized carbons (Fsp3) is 0.467. The lowest BCUT2D eigenvalue weighted by Gasteiger charge is -2.34. The van der Waals surface area contributed by atoms with E-state index in [1.54, 1.807) is 12.1 Å². The molecule has 2 rings (SSSR count). The molecule has 0 radical (unpaired) electrons. The predicted molar refractivity (Wildman–Crippen MR) is 80.1 cm³/mol. The number of rotatable bonds is 4. The number of aliphatic carboxylic acids is 1. The summed E-state index contributed by atoms with van der Waals surface area (Å²) in [6, 6.07) is 5.65. The largest absolute Gasteiger partial charge is 0.480 e. The Labute approximate surface area is 128 Å². The number of amides is 1. The molecule has 2 atom stereocenters. The number of carboxylic acid groups (broad SMARTS) is 1. The van der Waals surface area contributed by atoms with E-state index in [9.17, 15) is 14.7 Å². The second-order valence-electron chi connectivity index (χ2n) is 5.32. The Morgan fingerprint density at radius 2 is 2.00 bits per heavy atom. The summed E-state index contributed by atoms with van der Waals surface area (Å²) < 4.78 is 0. The lowest BCUT2D eigenvalue weighted by molar-refractivity contribution is -0.152. The maximum Gasteiger partial charge on any atom is 0.326 e. The van der Waals surface area contributed by atoms with E-state index in [0.29, 0.717) is 24.4 Å². The molecule has 1 aromatic rings. The molecular formula is C15H19ClN2O3. The predicted octanol–water partition coefficient (Wildman–Crippen LogP) is 1.68. The van der Waals surface area contributed by atoms with Crippen LogP contribution < -0.4 is 5.73 Å². The Morgan fingerprint density at radius 1 is 1.33 bits per heavy atom. The van der Waals surface area contributed by atoms with E-state index in [1.807, 2.05) is 12.1 Å². The van der Waals surface area contributed by atoms with Crippen molar-refractivity contribution in [2.75, 3.05) is 6.54 Å². The number of nitrogens with two attached hydrogens (primary N) is 1. The van der Waals surface area contributed by atoms with Gasteiger partial charge in [0.1, 0.15) is 6.04 Å². The summed E-state index contributed by atoms with van der Waals surface area (Å²) in [5, 5.41) is 9.84. The number of hydrogen-bond acceptors (Lipinski definition) is 3. The minimum atomic E-state index is -0.957. The SMILES string of the molecule is NC(Cc1ccc(Cl)cc1)C(=O)N1CCCC[C@H]1C(=O)O.